The van der Waals surface area contributed by atoms with Crippen LogP contribution in [0.3, 0.4) is 0 Å². The van der Waals surface area contributed by atoms with Crippen molar-refractivity contribution < 1.29 is 14.3 Å². The Labute approximate surface area is 126 Å². The molecule has 0 spiro atoms. The van der Waals surface area contributed by atoms with Crippen molar-refractivity contribution in [1.82, 2.24) is 9.78 Å². The first kappa shape index (κ1) is 14.0. The SMILES string of the molecule is Cc1cc2c(cnn2-c2ccc(F)cc2)cc1/C=C/C(=O)O. The zero-order valence-corrected chi connectivity index (χ0v) is 11.8. The molecule has 0 amide bonds. The molecule has 0 fully saturated rings. The van der Waals surface area contributed by atoms with Gasteiger partial charge in [0.1, 0.15) is 5.82 Å². The third-order valence-corrected chi connectivity index (χ3v) is 3.43. The number of aliphatic carboxylic acids is 1. The Morgan fingerprint density at radius 2 is 2.00 bits per heavy atom. The van der Waals surface area contributed by atoms with E-state index in [0.717, 1.165) is 33.8 Å². The number of halogens is 1. The molecule has 4 nitrogen and oxygen atoms in total. The van der Waals surface area contributed by atoms with Crippen LogP contribution in [-0.4, -0.2) is 20.9 Å². The highest BCUT2D eigenvalue weighted by Crippen LogP contribution is 2.23. The number of hydrogen-bond donors (Lipinski definition) is 1. The number of carboxylic acids is 1. The fourth-order valence-corrected chi connectivity index (χ4v) is 2.32. The van der Waals surface area contributed by atoms with E-state index in [1.807, 2.05) is 19.1 Å². The second-order valence-electron chi connectivity index (χ2n) is 4.97. The molecule has 0 radical (unpaired) electrons. The van der Waals surface area contributed by atoms with Crippen LogP contribution in [0.15, 0.2) is 48.7 Å². The molecule has 0 saturated carbocycles. The van der Waals surface area contributed by atoms with E-state index in [1.165, 1.54) is 12.1 Å². The van der Waals surface area contributed by atoms with Crippen molar-refractivity contribution in [3.63, 3.8) is 0 Å². The molecule has 22 heavy (non-hydrogen) atoms. The Morgan fingerprint density at radius 3 is 2.68 bits per heavy atom. The van der Waals surface area contributed by atoms with Gasteiger partial charge in [0.25, 0.3) is 0 Å². The molecule has 3 aromatic rings. The molecule has 0 saturated heterocycles. The minimum atomic E-state index is -0.985. The van der Waals surface area contributed by atoms with E-state index in [2.05, 4.69) is 5.10 Å². The number of aromatic nitrogens is 2. The Morgan fingerprint density at radius 1 is 1.27 bits per heavy atom. The summed E-state index contributed by atoms with van der Waals surface area (Å²) in [5.74, 6) is -1.28. The number of carbonyl (C=O) groups is 1. The van der Waals surface area contributed by atoms with E-state index in [9.17, 15) is 9.18 Å². The summed E-state index contributed by atoms with van der Waals surface area (Å²) in [6, 6.07) is 9.92. The lowest BCUT2D eigenvalue weighted by Crippen LogP contribution is -1.96. The lowest BCUT2D eigenvalue weighted by atomic mass is 10.1. The van der Waals surface area contributed by atoms with Crippen LogP contribution in [0.1, 0.15) is 11.1 Å². The van der Waals surface area contributed by atoms with Gasteiger partial charge < -0.3 is 5.11 Å². The predicted octanol–water partition coefficient (Wildman–Crippen LogP) is 3.57. The summed E-state index contributed by atoms with van der Waals surface area (Å²) in [4.78, 5) is 10.6. The van der Waals surface area contributed by atoms with E-state index < -0.39 is 5.97 Å². The van der Waals surface area contributed by atoms with Crippen LogP contribution >= 0.6 is 0 Å². The van der Waals surface area contributed by atoms with E-state index in [0.29, 0.717) is 0 Å². The third kappa shape index (κ3) is 2.61. The zero-order valence-electron chi connectivity index (χ0n) is 11.8. The van der Waals surface area contributed by atoms with Crippen molar-refractivity contribution >= 4 is 22.9 Å². The third-order valence-electron chi connectivity index (χ3n) is 3.43. The van der Waals surface area contributed by atoms with Crippen LogP contribution in [0.5, 0.6) is 0 Å². The topological polar surface area (TPSA) is 55.1 Å². The van der Waals surface area contributed by atoms with Crippen LogP contribution in [0.4, 0.5) is 4.39 Å². The van der Waals surface area contributed by atoms with Gasteiger partial charge in [-0.25, -0.2) is 13.9 Å². The Balaban J connectivity index is 2.10. The number of nitrogens with zero attached hydrogens (tertiary/aromatic N) is 2. The van der Waals surface area contributed by atoms with Crippen LogP contribution in [-0.2, 0) is 4.79 Å². The number of benzene rings is 2. The normalized spacial score (nSPS) is 11.4. The molecule has 0 aliphatic heterocycles. The van der Waals surface area contributed by atoms with Crippen LogP contribution < -0.4 is 0 Å². The van der Waals surface area contributed by atoms with Crippen molar-refractivity contribution in [2.45, 2.75) is 6.92 Å². The molecule has 1 heterocycles. The van der Waals surface area contributed by atoms with Crippen molar-refractivity contribution in [2.24, 2.45) is 0 Å². The second-order valence-corrected chi connectivity index (χ2v) is 4.97. The number of hydrogen-bond acceptors (Lipinski definition) is 2. The van der Waals surface area contributed by atoms with Crippen molar-refractivity contribution in [1.29, 1.82) is 0 Å². The van der Waals surface area contributed by atoms with Gasteiger partial charge in [0, 0.05) is 11.5 Å². The molecular formula is C17H13FN2O2. The van der Waals surface area contributed by atoms with Gasteiger partial charge in [-0.3, -0.25) is 0 Å². The highest BCUT2D eigenvalue weighted by molar-refractivity contribution is 5.89. The van der Waals surface area contributed by atoms with E-state index in [4.69, 9.17) is 5.11 Å². The number of fused-ring (bicyclic) bond motifs is 1. The maximum absolute atomic E-state index is 13.0. The second kappa shape index (κ2) is 5.44. The Kier molecular flexibility index (Phi) is 3.47. The highest BCUT2D eigenvalue weighted by Gasteiger charge is 2.07. The van der Waals surface area contributed by atoms with Gasteiger partial charge >= 0.3 is 5.97 Å². The molecule has 5 heteroatoms. The maximum atomic E-state index is 13.0. The summed E-state index contributed by atoms with van der Waals surface area (Å²) in [5.41, 5.74) is 3.42. The molecule has 1 aromatic heterocycles. The average Bonchev–Trinajstić information content (AvgIpc) is 2.88. The molecule has 0 aliphatic rings. The summed E-state index contributed by atoms with van der Waals surface area (Å²) in [6.45, 7) is 1.91. The van der Waals surface area contributed by atoms with Gasteiger partial charge in [-0.05, 0) is 60.5 Å². The average molecular weight is 296 g/mol. The summed E-state index contributed by atoms with van der Waals surface area (Å²) in [7, 11) is 0. The van der Waals surface area contributed by atoms with Crippen LogP contribution in [0.25, 0.3) is 22.7 Å². The number of rotatable bonds is 3. The Bertz CT molecular complexity index is 880. The lowest BCUT2D eigenvalue weighted by molar-refractivity contribution is -0.131. The van der Waals surface area contributed by atoms with Gasteiger partial charge in [0.2, 0.25) is 0 Å². The van der Waals surface area contributed by atoms with Crippen molar-refractivity contribution in [3.8, 4) is 5.69 Å². The van der Waals surface area contributed by atoms with Gasteiger partial charge in [0.15, 0.2) is 0 Å². The molecule has 1 N–H and O–H groups in total. The van der Waals surface area contributed by atoms with E-state index >= 15 is 0 Å². The first-order valence-corrected chi connectivity index (χ1v) is 6.70. The molecule has 3 rings (SSSR count). The fraction of sp³-hybridized carbons (Fsp3) is 0.0588. The predicted molar refractivity (Wildman–Crippen MR) is 82.4 cm³/mol. The largest absolute Gasteiger partial charge is 0.478 e. The maximum Gasteiger partial charge on any atom is 0.328 e. The van der Waals surface area contributed by atoms with E-state index in [1.54, 1.807) is 29.1 Å². The monoisotopic (exact) mass is 296 g/mol. The lowest BCUT2D eigenvalue weighted by Gasteiger charge is -2.06. The fourth-order valence-electron chi connectivity index (χ4n) is 2.32. The smallest absolute Gasteiger partial charge is 0.328 e. The van der Waals surface area contributed by atoms with Gasteiger partial charge in [0.05, 0.1) is 17.4 Å². The number of carboxylic acid groups (broad SMARTS) is 1. The first-order chi connectivity index (χ1) is 10.5. The van der Waals surface area contributed by atoms with Crippen LogP contribution in [0, 0.1) is 12.7 Å². The van der Waals surface area contributed by atoms with E-state index in [-0.39, 0.29) is 5.82 Å². The summed E-state index contributed by atoms with van der Waals surface area (Å²) in [5, 5.41) is 13.9. The molecule has 2 aromatic carbocycles. The summed E-state index contributed by atoms with van der Waals surface area (Å²) >= 11 is 0. The van der Waals surface area contributed by atoms with Crippen molar-refractivity contribution in [2.75, 3.05) is 0 Å². The molecule has 0 atom stereocenters. The van der Waals surface area contributed by atoms with Crippen LogP contribution in [0.2, 0.25) is 0 Å². The Hall–Kier alpha value is -2.95. The van der Waals surface area contributed by atoms with Crippen molar-refractivity contribution in [3.05, 3.63) is 65.6 Å². The summed E-state index contributed by atoms with van der Waals surface area (Å²) in [6.07, 6.45) is 4.38. The highest BCUT2D eigenvalue weighted by atomic mass is 19.1. The standard InChI is InChI=1S/C17H13FN2O2/c1-11-8-16-13(9-12(11)2-7-17(21)22)10-19-20(16)15-5-3-14(18)4-6-15/h2-10H,1H3,(H,21,22)/b7-2+. The molecule has 0 aliphatic carbocycles. The quantitative estimate of drug-likeness (QED) is 0.752. The molecule has 0 unspecified atom stereocenters. The minimum Gasteiger partial charge on any atom is -0.478 e. The molecule has 110 valence electrons. The zero-order chi connectivity index (χ0) is 15.7. The minimum absolute atomic E-state index is 0.294. The summed E-state index contributed by atoms with van der Waals surface area (Å²) < 4.78 is 14.8. The van der Waals surface area contributed by atoms with Gasteiger partial charge in [-0.1, -0.05) is 0 Å². The number of aryl methyl sites for hydroxylation is 1. The molecule has 0 bridgehead atoms. The van der Waals surface area contributed by atoms with Gasteiger partial charge in [-0.15, -0.1) is 0 Å². The van der Waals surface area contributed by atoms with Gasteiger partial charge in [-0.2, -0.15) is 5.10 Å². The first-order valence-electron chi connectivity index (χ1n) is 6.70. The molecular weight excluding hydrogens is 283 g/mol.